The van der Waals surface area contributed by atoms with Crippen LogP contribution in [-0.4, -0.2) is 59.4 Å². The van der Waals surface area contributed by atoms with Crippen LogP contribution in [-0.2, 0) is 9.59 Å². The van der Waals surface area contributed by atoms with E-state index in [-0.39, 0.29) is 30.2 Å². The molecule has 2 atom stereocenters. The van der Waals surface area contributed by atoms with Crippen molar-refractivity contribution in [2.24, 2.45) is 11.7 Å². The molecule has 25 heavy (non-hydrogen) atoms. The Kier molecular flexibility index (Phi) is 4.51. The van der Waals surface area contributed by atoms with Gasteiger partial charge in [-0.05, 0) is 31.9 Å². The molecule has 2 aliphatic rings. The van der Waals surface area contributed by atoms with Crippen LogP contribution >= 0.6 is 0 Å². The van der Waals surface area contributed by atoms with Gasteiger partial charge in [0.25, 0.3) is 5.91 Å². The van der Waals surface area contributed by atoms with Crippen LogP contribution in [0.3, 0.4) is 0 Å². The predicted octanol–water partition coefficient (Wildman–Crippen LogP) is 0.518. The summed E-state index contributed by atoms with van der Waals surface area (Å²) >= 11 is 0. The van der Waals surface area contributed by atoms with Crippen LogP contribution in [0.15, 0.2) is 30.3 Å². The van der Waals surface area contributed by atoms with E-state index in [9.17, 15) is 14.4 Å². The molecule has 0 saturated carbocycles. The van der Waals surface area contributed by atoms with E-state index < -0.39 is 11.6 Å². The van der Waals surface area contributed by atoms with E-state index in [1.165, 1.54) is 0 Å². The van der Waals surface area contributed by atoms with Crippen molar-refractivity contribution in [1.82, 2.24) is 15.1 Å². The summed E-state index contributed by atoms with van der Waals surface area (Å²) in [5, 5.41) is 2.59. The first kappa shape index (κ1) is 17.4. The molecule has 0 spiro atoms. The number of rotatable bonds is 4. The van der Waals surface area contributed by atoms with Gasteiger partial charge in [0.05, 0.1) is 0 Å². The third-order valence-electron chi connectivity index (χ3n) is 5.06. The SMILES string of the molecule is CC1(C)NC(=O)N(CC(=O)N2C[C@@H](CN)[C@H](c3ccccc3)C2)C1=O. The third kappa shape index (κ3) is 3.24. The van der Waals surface area contributed by atoms with Crippen molar-refractivity contribution in [3.8, 4) is 0 Å². The van der Waals surface area contributed by atoms with Crippen molar-refractivity contribution < 1.29 is 14.4 Å². The van der Waals surface area contributed by atoms with Crippen LogP contribution in [0.25, 0.3) is 0 Å². The second kappa shape index (κ2) is 6.48. The number of nitrogens with two attached hydrogens (primary N) is 1. The van der Waals surface area contributed by atoms with Crippen LogP contribution in [0, 0.1) is 5.92 Å². The van der Waals surface area contributed by atoms with Gasteiger partial charge in [0.2, 0.25) is 5.91 Å². The molecular weight excluding hydrogens is 320 g/mol. The summed E-state index contributed by atoms with van der Waals surface area (Å²) in [6.07, 6.45) is 0. The van der Waals surface area contributed by atoms with Crippen LogP contribution in [0.5, 0.6) is 0 Å². The smallest absolute Gasteiger partial charge is 0.325 e. The lowest BCUT2D eigenvalue weighted by atomic mass is 9.89. The highest BCUT2D eigenvalue weighted by Gasteiger charge is 2.46. The van der Waals surface area contributed by atoms with Gasteiger partial charge < -0.3 is 16.0 Å². The average Bonchev–Trinajstić information content (AvgIpc) is 3.10. The topological polar surface area (TPSA) is 95.7 Å². The molecule has 0 aromatic heterocycles. The molecule has 7 heteroatoms. The molecule has 2 heterocycles. The summed E-state index contributed by atoms with van der Waals surface area (Å²) in [7, 11) is 0. The second-order valence-corrected chi connectivity index (χ2v) is 7.26. The maximum Gasteiger partial charge on any atom is 0.325 e. The molecule has 7 nitrogen and oxygen atoms in total. The van der Waals surface area contributed by atoms with Crippen LogP contribution < -0.4 is 11.1 Å². The second-order valence-electron chi connectivity index (χ2n) is 7.26. The highest BCUT2D eigenvalue weighted by atomic mass is 16.2. The van der Waals surface area contributed by atoms with Crippen LogP contribution in [0.4, 0.5) is 4.79 Å². The molecular formula is C18H24N4O3. The first-order valence-electron chi connectivity index (χ1n) is 8.50. The van der Waals surface area contributed by atoms with Gasteiger partial charge in [-0.25, -0.2) is 4.79 Å². The van der Waals surface area contributed by atoms with E-state index in [2.05, 4.69) is 5.32 Å². The molecule has 3 rings (SSSR count). The van der Waals surface area contributed by atoms with Gasteiger partial charge in [0.1, 0.15) is 12.1 Å². The first-order chi connectivity index (χ1) is 11.8. The minimum Gasteiger partial charge on any atom is -0.340 e. The Morgan fingerprint density at radius 1 is 1.24 bits per heavy atom. The third-order valence-corrected chi connectivity index (χ3v) is 5.06. The maximum absolute atomic E-state index is 12.7. The molecule has 0 unspecified atom stereocenters. The number of likely N-dealkylation sites (tertiary alicyclic amines) is 1. The number of imide groups is 1. The number of hydrogen-bond donors (Lipinski definition) is 2. The van der Waals surface area contributed by atoms with E-state index in [0.717, 1.165) is 10.5 Å². The lowest BCUT2D eigenvalue weighted by Crippen LogP contribution is -2.44. The fourth-order valence-corrected chi connectivity index (χ4v) is 3.59. The Hall–Kier alpha value is -2.41. The highest BCUT2D eigenvalue weighted by molar-refractivity contribution is 6.08. The minimum absolute atomic E-state index is 0.172. The molecule has 0 radical (unpaired) electrons. The summed E-state index contributed by atoms with van der Waals surface area (Å²) in [4.78, 5) is 39.6. The molecule has 0 bridgehead atoms. The predicted molar refractivity (Wildman–Crippen MR) is 92.6 cm³/mol. The van der Waals surface area contributed by atoms with E-state index >= 15 is 0 Å². The number of nitrogens with zero attached hydrogens (tertiary/aromatic N) is 2. The van der Waals surface area contributed by atoms with Crippen molar-refractivity contribution in [3.63, 3.8) is 0 Å². The Morgan fingerprint density at radius 3 is 2.48 bits per heavy atom. The number of hydrogen-bond acceptors (Lipinski definition) is 4. The number of amides is 4. The average molecular weight is 344 g/mol. The molecule has 2 saturated heterocycles. The number of urea groups is 1. The molecule has 4 amide bonds. The number of benzene rings is 1. The largest absolute Gasteiger partial charge is 0.340 e. The zero-order chi connectivity index (χ0) is 18.2. The van der Waals surface area contributed by atoms with Gasteiger partial charge in [0.15, 0.2) is 0 Å². The zero-order valence-corrected chi connectivity index (χ0v) is 14.6. The van der Waals surface area contributed by atoms with E-state index in [0.29, 0.717) is 19.6 Å². The number of carbonyl (C=O) groups is 3. The maximum atomic E-state index is 12.7. The summed E-state index contributed by atoms with van der Waals surface area (Å²) in [5.74, 6) is -0.251. The lowest BCUT2D eigenvalue weighted by molar-refractivity contribution is -0.138. The van der Waals surface area contributed by atoms with Gasteiger partial charge >= 0.3 is 6.03 Å². The van der Waals surface area contributed by atoms with Gasteiger partial charge in [-0.1, -0.05) is 30.3 Å². The Morgan fingerprint density at radius 2 is 1.92 bits per heavy atom. The Balaban J connectivity index is 1.69. The molecule has 1 aromatic carbocycles. The Bertz CT molecular complexity index is 689. The first-order valence-corrected chi connectivity index (χ1v) is 8.50. The quantitative estimate of drug-likeness (QED) is 0.778. The fourth-order valence-electron chi connectivity index (χ4n) is 3.59. The molecule has 134 valence electrons. The van der Waals surface area contributed by atoms with E-state index in [1.807, 2.05) is 30.3 Å². The van der Waals surface area contributed by atoms with Crippen molar-refractivity contribution >= 4 is 17.8 Å². The fraction of sp³-hybridized carbons (Fsp3) is 0.500. The molecule has 3 N–H and O–H groups in total. The lowest BCUT2D eigenvalue weighted by Gasteiger charge is -2.20. The molecule has 0 aliphatic carbocycles. The Labute approximate surface area is 147 Å². The normalized spacial score (nSPS) is 25.4. The van der Waals surface area contributed by atoms with Gasteiger partial charge in [0, 0.05) is 19.0 Å². The van der Waals surface area contributed by atoms with Gasteiger partial charge in [-0.2, -0.15) is 0 Å². The zero-order valence-electron chi connectivity index (χ0n) is 14.6. The van der Waals surface area contributed by atoms with Crippen molar-refractivity contribution in [2.75, 3.05) is 26.2 Å². The van der Waals surface area contributed by atoms with Gasteiger partial charge in [-0.15, -0.1) is 0 Å². The minimum atomic E-state index is -0.964. The number of carbonyl (C=O) groups excluding carboxylic acids is 3. The van der Waals surface area contributed by atoms with Crippen molar-refractivity contribution in [3.05, 3.63) is 35.9 Å². The summed E-state index contributed by atoms with van der Waals surface area (Å²) in [5.41, 5.74) is 6.09. The van der Waals surface area contributed by atoms with E-state index in [4.69, 9.17) is 5.73 Å². The van der Waals surface area contributed by atoms with Crippen LogP contribution in [0.1, 0.15) is 25.3 Å². The molecule has 1 aromatic rings. The summed E-state index contributed by atoms with van der Waals surface area (Å²) in [6.45, 7) is 4.61. The van der Waals surface area contributed by atoms with Gasteiger partial charge in [-0.3, -0.25) is 14.5 Å². The standard InChI is InChI=1S/C18H24N4O3/c1-18(2)16(24)22(17(25)20-18)11-15(23)21-9-13(8-19)14(10-21)12-6-4-3-5-7-12/h3-7,13-14H,8-11,19H2,1-2H3,(H,20,25)/t13-,14+/m1/s1. The van der Waals surface area contributed by atoms with Crippen molar-refractivity contribution in [1.29, 1.82) is 0 Å². The van der Waals surface area contributed by atoms with E-state index in [1.54, 1.807) is 18.7 Å². The highest BCUT2D eigenvalue weighted by Crippen LogP contribution is 2.32. The summed E-state index contributed by atoms with van der Waals surface area (Å²) < 4.78 is 0. The summed E-state index contributed by atoms with van der Waals surface area (Å²) in [6, 6.07) is 9.48. The molecule has 2 fully saturated rings. The molecule has 2 aliphatic heterocycles. The monoisotopic (exact) mass is 344 g/mol. The van der Waals surface area contributed by atoms with Crippen molar-refractivity contribution in [2.45, 2.75) is 25.3 Å². The number of nitrogens with one attached hydrogen (secondary N) is 1. The van der Waals surface area contributed by atoms with Crippen LogP contribution in [0.2, 0.25) is 0 Å².